The molecular weight excluding hydrogens is 280 g/mol. The number of phenolic OH excluding ortho intramolecular Hbond substituents is 1. The first-order valence-electron chi connectivity index (χ1n) is 6.51. The molecule has 0 unspecified atom stereocenters. The lowest BCUT2D eigenvalue weighted by Gasteiger charge is -2.07. The van der Waals surface area contributed by atoms with Gasteiger partial charge in [0.15, 0.2) is 0 Å². The van der Waals surface area contributed by atoms with Gasteiger partial charge < -0.3 is 10.4 Å². The Hall–Kier alpha value is -3.40. The smallest absolute Gasteiger partial charge is 0.148 e. The molecule has 0 spiro atoms. The van der Waals surface area contributed by atoms with Crippen LogP contribution in [0.4, 0.5) is 5.82 Å². The van der Waals surface area contributed by atoms with Crippen molar-refractivity contribution in [2.75, 3.05) is 12.4 Å². The molecule has 2 N–H and O–H groups in total. The van der Waals surface area contributed by atoms with Crippen molar-refractivity contribution in [1.82, 2.24) is 20.0 Å². The van der Waals surface area contributed by atoms with Crippen molar-refractivity contribution >= 4 is 5.82 Å². The van der Waals surface area contributed by atoms with Crippen LogP contribution in [0.5, 0.6) is 5.75 Å². The first-order valence-corrected chi connectivity index (χ1v) is 6.51. The highest BCUT2D eigenvalue weighted by Gasteiger charge is 2.09. The zero-order valence-electron chi connectivity index (χ0n) is 11.7. The van der Waals surface area contributed by atoms with Crippen LogP contribution in [-0.2, 0) is 0 Å². The van der Waals surface area contributed by atoms with Crippen LogP contribution in [0.25, 0.3) is 16.9 Å². The van der Waals surface area contributed by atoms with Crippen molar-refractivity contribution in [3.63, 3.8) is 0 Å². The van der Waals surface area contributed by atoms with Crippen molar-refractivity contribution in [1.29, 1.82) is 5.26 Å². The molecule has 2 aromatic heterocycles. The Balaban J connectivity index is 1.96. The fraction of sp³-hybridized carbons (Fsp3) is 0.0667. The zero-order chi connectivity index (χ0) is 15.5. The van der Waals surface area contributed by atoms with Gasteiger partial charge in [-0.2, -0.15) is 10.4 Å². The van der Waals surface area contributed by atoms with Crippen LogP contribution < -0.4 is 5.32 Å². The predicted molar refractivity (Wildman–Crippen MR) is 80.5 cm³/mol. The fourth-order valence-corrected chi connectivity index (χ4v) is 2.01. The van der Waals surface area contributed by atoms with Crippen LogP contribution in [0, 0.1) is 11.3 Å². The number of nitrogens with zero attached hydrogens (tertiary/aromatic N) is 5. The molecule has 3 aromatic rings. The van der Waals surface area contributed by atoms with E-state index < -0.39 is 0 Å². The first kappa shape index (κ1) is 13.6. The summed E-state index contributed by atoms with van der Waals surface area (Å²) in [5.74, 6) is 0.721. The number of anilines is 1. The summed E-state index contributed by atoms with van der Waals surface area (Å²) >= 11 is 0. The van der Waals surface area contributed by atoms with Gasteiger partial charge in [0.05, 0.1) is 23.1 Å². The van der Waals surface area contributed by atoms with Crippen molar-refractivity contribution in [3.05, 3.63) is 48.3 Å². The number of nitrogens with one attached hydrogen (secondary N) is 1. The molecule has 0 aliphatic rings. The Bertz CT molecular complexity index is 847. The quantitative estimate of drug-likeness (QED) is 0.765. The Kier molecular flexibility index (Phi) is 3.42. The van der Waals surface area contributed by atoms with Crippen molar-refractivity contribution < 1.29 is 5.11 Å². The second-order valence-electron chi connectivity index (χ2n) is 4.54. The topological polar surface area (TPSA) is 99.7 Å². The van der Waals surface area contributed by atoms with E-state index >= 15 is 0 Å². The van der Waals surface area contributed by atoms with E-state index in [9.17, 15) is 5.11 Å². The van der Waals surface area contributed by atoms with Gasteiger partial charge >= 0.3 is 0 Å². The van der Waals surface area contributed by atoms with Crippen LogP contribution in [0.15, 0.2) is 42.7 Å². The Labute approximate surface area is 126 Å². The minimum atomic E-state index is 0.0676. The second-order valence-corrected chi connectivity index (χ2v) is 4.54. The third-order valence-electron chi connectivity index (χ3n) is 3.15. The summed E-state index contributed by atoms with van der Waals surface area (Å²) < 4.78 is 1.53. The summed E-state index contributed by atoms with van der Waals surface area (Å²) in [7, 11) is 1.76. The molecule has 2 heterocycles. The summed E-state index contributed by atoms with van der Waals surface area (Å²) in [6.45, 7) is 0. The summed E-state index contributed by atoms with van der Waals surface area (Å²) in [4.78, 5) is 0. The lowest BCUT2D eigenvalue weighted by Crippen LogP contribution is -1.97. The highest BCUT2D eigenvalue weighted by Crippen LogP contribution is 2.29. The largest absolute Gasteiger partial charge is 0.507 e. The molecule has 0 amide bonds. The van der Waals surface area contributed by atoms with Gasteiger partial charge in [-0.3, -0.25) is 0 Å². The van der Waals surface area contributed by atoms with E-state index in [0.717, 1.165) is 0 Å². The minimum Gasteiger partial charge on any atom is -0.507 e. The van der Waals surface area contributed by atoms with Crippen LogP contribution in [0.3, 0.4) is 0 Å². The number of benzene rings is 1. The maximum atomic E-state index is 10.2. The molecule has 3 rings (SSSR count). The molecule has 108 valence electrons. The lowest BCUT2D eigenvalue weighted by molar-refractivity contribution is 0.476. The van der Waals surface area contributed by atoms with Crippen LogP contribution >= 0.6 is 0 Å². The number of nitriles is 1. The van der Waals surface area contributed by atoms with Gasteiger partial charge in [0.1, 0.15) is 17.6 Å². The van der Waals surface area contributed by atoms with Gasteiger partial charge in [-0.05, 0) is 24.3 Å². The van der Waals surface area contributed by atoms with E-state index in [1.807, 2.05) is 6.07 Å². The van der Waals surface area contributed by atoms with Gasteiger partial charge in [-0.25, -0.2) is 4.68 Å². The molecule has 0 saturated heterocycles. The molecule has 0 bridgehead atoms. The third kappa shape index (κ3) is 2.45. The van der Waals surface area contributed by atoms with E-state index in [0.29, 0.717) is 28.3 Å². The Morgan fingerprint density at radius 2 is 2.09 bits per heavy atom. The normalized spacial score (nSPS) is 10.2. The number of phenols is 1. The standard InChI is InChI=1S/C15H12N6O/c1-17-15-5-4-13(19-20-15)12-3-2-11(6-14(12)22)21-9-10(7-16)8-18-21/h2-6,8-9,22H,1H3,(H,17,20). The van der Waals surface area contributed by atoms with Crippen molar-refractivity contribution in [2.45, 2.75) is 0 Å². The fourth-order valence-electron chi connectivity index (χ4n) is 2.01. The van der Waals surface area contributed by atoms with Crippen LogP contribution in [-0.4, -0.2) is 32.1 Å². The SMILES string of the molecule is CNc1ccc(-c2ccc(-n3cc(C#N)cn3)cc2O)nn1. The van der Waals surface area contributed by atoms with Gasteiger partial charge in [0.2, 0.25) is 0 Å². The van der Waals surface area contributed by atoms with Gasteiger partial charge in [0, 0.05) is 24.9 Å². The minimum absolute atomic E-state index is 0.0676. The monoisotopic (exact) mass is 292 g/mol. The van der Waals surface area contributed by atoms with E-state index in [1.54, 1.807) is 43.6 Å². The average molecular weight is 292 g/mol. The molecule has 0 atom stereocenters. The van der Waals surface area contributed by atoms with Gasteiger partial charge in [0.25, 0.3) is 0 Å². The van der Waals surface area contributed by atoms with Crippen molar-refractivity contribution in [3.8, 4) is 28.8 Å². The molecule has 7 heteroatoms. The van der Waals surface area contributed by atoms with Gasteiger partial charge in [-0.15, -0.1) is 10.2 Å². The van der Waals surface area contributed by atoms with E-state index in [-0.39, 0.29) is 5.75 Å². The number of aromatic hydroxyl groups is 1. The van der Waals surface area contributed by atoms with Gasteiger partial charge in [-0.1, -0.05) is 0 Å². The molecule has 0 aliphatic heterocycles. The molecule has 7 nitrogen and oxygen atoms in total. The number of hydrogen-bond acceptors (Lipinski definition) is 6. The highest BCUT2D eigenvalue weighted by molar-refractivity contribution is 5.68. The average Bonchev–Trinajstić information content (AvgIpc) is 3.04. The molecule has 0 fully saturated rings. The lowest BCUT2D eigenvalue weighted by atomic mass is 10.1. The van der Waals surface area contributed by atoms with Crippen molar-refractivity contribution in [2.24, 2.45) is 0 Å². The number of hydrogen-bond donors (Lipinski definition) is 2. The predicted octanol–water partition coefficient (Wildman–Crippen LogP) is 1.95. The van der Waals surface area contributed by atoms with E-state index in [2.05, 4.69) is 20.6 Å². The molecule has 0 aliphatic carbocycles. The van der Waals surface area contributed by atoms with Crippen LogP contribution in [0.2, 0.25) is 0 Å². The summed E-state index contributed by atoms with van der Waals surface area (Å²) in [5.41, 5.74) is 2.26. The summed E-state index contributed by atoms with van der Waals surface area (Å²) in [5, 5.41) is 34.0. The molecular formula is C15H12N6O. The molecule has 1 aromatic carbocycles. The maximum absolute atomic E-state index is 10.2. The highest BCUT2D eigenvalue weighted by atomic mass is 16.3. The molecule has 0 radical (unpaired) electrons. The van der Waals surface area contributed by atoms with Crippen LogP contribution in [0.1, 0.15) is 5.56 Å². The second kappa shape index (κ2) is 5.54. The van der Waals surface area contributed by atoms with E-state index in [1.165, 1.54) is 10.9 Å². The number of aromatic nitrogens is 4. The first-order chi connectivity index (χ1) is 10.7. The zero-order valence-corrected chi connectivity index (χ0v) is 11.7. The maximum Gasteiger partial charge on any atom is 0.148 e. The third-order valence-corrected chi connectivity index (χ3v) is 3.15. The Morgan fingerprint density at radius 3 is 2.68 bits per heavy atom. The summed E-state index contributed by atoms with van der Waals surface area (Å²) in [6, 6.07) is 10.7. The Morgan fingerprint density at radius 1 is 1.23 bits per heavy atom. The number of rotatable bonds is 3. The molecule has 0 saturated carbocycles. The van der Waals surface area contributed by atoms with E-state index in [4.69, 9.17) is 5.26 Å². The molecule has 22 heavy (non-hydrogen) atoms. The summed E-state index contributed by atoms with van der Waals surface area (Å²) in [6.07, 6.45) is 3.06.